The van der Waals surface area contributed by atoms with E-state index in [0.29, 0.717) is 17.0 Å². The van der Waals surface area contributed by atoms with Gasteiger partial charge in [0.2, 0.25) is 5.91 Å². The first kappa shape index (κ1) is 20.1. The SMILES string of the molecule is COc1ccccc1-c1cc(=O)n(CC(=O)Nc2cccc(C(F)(F)F)c2)cn1. The highest BCUT2D eigenvalue weighted by Gasteiger charge is 2.30. The predicted octanol–water partition coefficient (Wildman–Crippen LogP) is 3.58. The summed E-state index contributed by atoms with van der Waals surface area (Å²) >= 11 is 0. The number of ether oxygens (including phenoxy) is 1. The molecule has 0 bridgehead atoms. The lowest BCUT2D eigenvalue weighted by atomic mass is 10.1. The summed E-state index contributed by atoms with van der Waals surface area (Å²) in [4.78, 5) is 28.7. The molecule has 0 radical (unpaired) electrons. The maximum absolute atomic E-state index is 12.8. The summed E-state index contributed by atoms with van der Waals surface area (Å²) in [5, 5.41) is 2.35. The summed E-state index contributed by atoms with van der Waals surface area (Å²) in [6, 6.07) is 12.5. The van der Waals surface area contributed by atoms with Gasteiger partial charge < -0.3 is 10.1 Å². The standard InChI is InChI=1S/C20H16F3N3O3/c1-29-17-8-3-2-7-15(17)16-10-19(28)26(12-24-16)11-18(27)25-14-6-4-5-13(9-14)20(21,22)23/h2-10,12H,11H2,1H3,(H,25,27). The number of nitrogens with zero attached hydrogens (tertiary/aromatic N) is 2. The van der Waals surface area contributed by atoms with Gasteiger partial charge in [0.25, 0.3) is 5.56 Å². The summed E-state index contributed by atoms with van der Waals surface area (Å²) in [6.45, 7) is -0.395. The molecule has 3 aromatic rings. The van der Waals surface area contributed by atoms with Crippen molar-refractivity contribution in [1.29, 1.82) is 0 Å². The summed E-state index contributed by atoms with van der Waals surface area (Å²) in [6.07, 6.45) is -3.31. The molecular formula is C20H16F3N3O3. The molecule has 1 aromatic heterocycles. The second kappa shape index (κ2) is 8.17. The van der Waals surface area contributed by atoms with E-state index in [9.17, 15) is 22.8 Å². The Hall–Kier alpha value is -3.62. The van der Waals surface area contributed by atoms with Crippen molar-refractivity contribution in [2.45, 2.75) is 12.7 Å². The van der Waals surface area contributed by atoms with E-state index in [1.54, 1.807) is 24.3 Å². The third-order valence-electron chi connectivity index (χ3n) is 4.05. The van der Waals surface area contributed by atoms with Gasteiger partial charge in [-0.05, 0) is 30.3 Å². The highest BCUT2D eigenvalue weighted by molar-refractivity contribution is 5.90. The molecule has 0 saturated heterocycles. The number of carbonyl (C=O) groups excluding carboxylic acids is 1. The fourth-order valence-corrected chi connectivity index (χ4v) is 2.68. The Morgan fingerprint density at radius 1 is 1.14 bits per heavy atom. The maximum atomic E-state index is 12.8. The van der Waals surface area contributed by atoms with Crippen LogP contribution in [-0.2, 0) is 17.5 Å². The summed E-state index contributed by atoms with van der Waals surface area (Å²) in [7, 11) is 1.50. The van der Waals surface area contributed by atoms with E-state index in [1.807, 2.05) is 0 Å². The van der Waals surface area contributed by atoms with E-state index < -0.39 is 29.8 Å². The first-order valence-corrected chi connectivity index (χ1v) is 8.45. The number of methoxy groups -OCH3 is 1. The molecule has 0 unspecified atom stereocenters. The number of anilines is 1. The second-order valence-electron chi connectivity index (χ2n) is 6.07. The Bertz CT molecular complexity index is 1090. The van der Waals surface area contributed by atoms with Crippen molar-refractivity contribution in [2.24, 2.45) is 0 Å². The van der Waals surface area contributed by atoms with Crippen molar-refractivity contribution in [3.05, 3.63) is 76.8 Å². The van der Waals surface area contributed by atoms with E-state index in [2.05, 4.69) is 10.3 Å². The van der Waals surface area contributed by atoms with Crippen LogP contribution >= 0.6 is 0 Å². The number of alkyl halides is 3. The van der Waals surface area contributed by atoms with Crippen LogP contribution in [0.25, 0.3) is 11.3 Å². The van der Waals surface area contributed by atoms with Gasteiger partial charge >= 0.3 is 6.18 Å². The second-order valence-corrected chi connectivity index (χ2v) is 6.07. The van der Waals surface area contributed by atoms with Crippen molar-refractivity contribution in [1.82, 2.24) is 9.55 Å². The lowest BCUT2D eigenvalue weighted by Gasteiger charge is -2.11. The lowest BCUT2D eigenvalue weighted by Crippen LogP contribution is -2.27. The van der Waals surface area contributed by atoms with E-state index in [-0.39, 0.29) is 5.69 Å². The van der Waals surface area contributed by atoms with Crippen molar-refractivity contribution in [3.8, 4) is 17.0 Å². The van der Waals surface area contributed by atoms with Gasteiger partial charge in [0.15, 0.2) is 0 Å². The lowest BCUT2D eigenvalue weighted by molar-refractivity contribution is -0.137. The number of carbonyl (C=O) groups is 1. The van der Waals surface area contributed by atoms with Gasteiger partial charge in [-0.25, -0.2) is 4.98 Å². The number of hydrogen-bond acceptors (Lipinski definition) is 4. The van der Waals surface area contributed by atoms with Crippen LogP contribution in [0.2, 0.25) is 0 Å². The molecule has 6 nitrogen and oxygen atoms in total. The molecule has 0 saturated carbocycles. The minimum Gasteiger partial charge on any atom is -0.496 e. The maximum Gasteiger partial charge on any atom is 0.416 e. The normalized spacial score (nSPS) is 11.2. The quantitative estimate of drug-likeness (QED) is 0.707. The van der Waals surface area contributed by atoms with Crippen molar-refractivity contribution < 1.29 is 22.7 Å². The van der Waals surface area contributed by atoms with Gasteiger partial charge in [-0.2, -0.15) is 13.2 Å². The van der Waals surface area contributed by atoms with Crippen molar-refractivity contribution >= 4 is 11.6 Å². The first-order chi connectivity index (χ1) is 13.8. The van der Waals surface area contributed by atoms with Crippen LogP contribution in [0, 0.1) is 0 Å². The monoisotopic (exact) mass is 403 g/mol. The Morgan fingerprint density at radius 2 is 1.90 bits per heavy atom. The van der Waals surface area contributed by atoms with Gasteiger partial charge in [0, 0.05) is 17.3 Å². The third-order valence-corrected chi connectivity index (χ3v) is 4.05. The molecule has 0 aliphatic heterocycles. The molecule has 0 fully saturated rings. The van der Waals surface area contributed by atoms with E-state index in [4.69, 9.17) is 4.74 Å². The largest absolute Gasteiger partial charge is 0.496 e. The van der Waals surface area contributed by atoms with Crippen LogP contribution in [-0.4, -0.2) is 22.6 Å². The number of amides is 1. The van der Waals surface area contributed by atoms with Crippen LogP contribution in [0.3, 0.4) is 0 Å². The highest BCUT2D eigenvalue weighted by atomic mass is 19.4. The van der Waals surface area contributed by atoms with E-state index in [0.717, 1.165) is 16.7 Å². The average molecular weight is 403 g/mol. The molecule has 0 aliphatic carbocycles. The van der Waals surface area contributed by atoms with Crippen LogP contribution in [0.15, 0.2) is 65.7 Å². The number of rotatable bonds is 5. The molecule has 9 heteroatoms. The molecular weight excluding hydrogens is 387 g/mol. The highest BCUT2D eigenvalue weighted by Crippen LogP contribution is 2.30. The fraction of sp³-hybridized carbons (Fsp3) is 0.150. The number of aromatic nitrogens is 2. The molecule has 150 valence electrons. The topological polar surface area (TPSA) is 73.2 Å². The number of hydrogen-bond donors (Lipinski definition) is 1. The molecule has 0 atom stereocenters. The molecule has 1 amide bonds. The summed E-state index contributed by atoms with van der Waals surface area (Å²) in [5.41, 5.74) is -0.387. The molecule has 0 spiro atoms. The first-order valence-electron chi connectivity index (χ1n) is 8.45. The molecule has 1 N–H and O–H groups in total. The van der Waals surface area contributed by atoms with Gasteiger partial charge in [-0.15, -0.1) is 0 Å². The molecule has 0 aliphatic rings. The summed E-state index contributed by atoms with van der Waals surface area (Å²) < 4.78 is 44.6. The molecule has 29 heavy (non-hydrogen) atoms. The van der Waals surface area contributed by atoms with E-state index >= 15 is 0 Å². The van der Waals surface area contributed by atoms with Crippen LogP contribution in [0.4, 0.5) is 18.9 Å². The Morgan fingerprint density at radius 3 is 2.59 bits per heavy atom. The smallest absolute Gasteiger partial charge is 0.416 e. The Kier molecular flexibility index (Phi) is 5.67. The van der Waals surface area contributed by atoms with Gasteiger partial charge in [-0.1, -0.05) is 18.2 Å². The van der Waals surface area contributed by atoms with E-state index in [1.165, 1.54) is 31.6 Å². The van der Waals surface area contributed by atoms with Gasteiger partial charge in [-0.3, -0.25) is 14.2 Å². The fourth-order valence-electron chi connectivity index (χ4n) is 2.68. The van der Waals surface area contributed by atoms with Gasteiger partial charge in [0.05, 0.1) is 24.7 Å². The number of nitrogens with one attached hydrogen (secondary N) is 1. The Labute approximate surface area is 163 Å². The third kappa shape index (κ3) is 4.81. The minimum atomic E-state index is -4.52. The minimum absolute atomic E-state index is 0.0172. The number of halogens is 3. The number of benzene rings is 2. The molecule has 3 rings (SSSR count). The average Bonchev–Trinajstić information content (AvgIpc) is 2.69. The van der Waals surface area contributed by atoms with Crippen molar-refractivity contribution in [3.63, 3.8) is 0 Å². The molecule has 1 heterocycles. The number of para-hydroxylation sites is 1. The zero-order valence-corrected chi connectivity index (χ0v) is 15.2. The molecule has 2 aromatic carbocycles. The van der Waals surface area contributed by atoms with Crippen molar-refractivity contribution in [2.75, 3.05) is 12.4 Å². The van der Waals surface area contributed by atoms with Crippen LogP contribution in [0.5, 0.6) is 5.75 Å². The zero-order valence-electron chi connectivity index (χ0n) is 15.2. The predicted molar refractivity (Wildman–Crippen MR) is 101 cm³/mol. The Balaban J connectivity index is 1.76. The van der Waals surface area contributed by atoms with Crippen LogP contribution in [0.1, 0.15) is 5.56 Å². The van der Waals surface area contributed by atoms with Gasteiger partial charge in [0.1, 0.15) is 12.3 Å². The zero-order chi connectivity index (χ0) is 21.0. The van der Waals surface area contributed by atoms with Crippen LogP contribution < -0.4 is 15.6 Å². The summed E-state index contributed by atoms with van der Waals surface area (Å²) in [5.74, 6) is -0.113.